The molecule has 1 aromatic carbocycles. The van der Waals surface area contributed by atoms with Crippen LogP contribution in [0.5, 0.6) is 0 Å². The third-order valence-electron chi connectivity index (χ3n) is 3.74. The molecule has 0 amide bonds. The van der Waals surface area contributed by atoms with E-state index in [0.29, 0.717) is 32.4 Å². The molecule has 0 fully saturated rings. The van der Waals surface area contributed by atoms with Crippen LogP contribution in [-0.4, -0.2) is 34.9 Å². The average molecular weight is 279 g/mol. The smallest absolute Gasteiger partial charge is 0.303 e. The van der Waals surface area contributed by atoms with Gasteiger partial charge in [-0.2, -0.15) is 0 Å². The van der Waals surface area contributed by atoms with Gasteiger partial charge in [-0.3, -0.25) is 4.79 Å². The number of hydrogen-bond donors (Lipinski definition) is 2. The Bertz CT molecular complexity index is 401. The van der Waals surface area contributed by atoms with Crippen LogP contribution in [0.15, 0.2) is 30.3 Å². The maximum atomic E-state index is 10.6. The van der Waals surface area contributed by atoms with Crippen molar-refractivity contribution in [3.05, 3.63) is 30.3 Å². The molecule has 112 valence electrons. The van der Waals surface area contributed by atoms with E-state index in [-0.39, 0.29) is 6.42 Å². The molecule has 4 heteroatoms. The molecule has 0 unspecified atom stereocenters. The molecule has 0 saturated carbocycles. The van der Waals surface area contributed by atoms with E-state index in [4.69, 9.17) is 5.11 Å². The molecule has 0 saturated heterocycles. The quantitative estimate of drug-likeness (QED) is 0.729. The summed E-state index contributed by atoms with van der Waals surface area (Å²) in [7, 11) is 0. The van der Waals surface area contributed by atoms with Crippen LogP contribution in [0.3, 0.4) is 0 Å². The Morgan fingerprint density at radius 2 is 1.80 bits per heavy atom. The first-order chi connectivity index (χ1) is 9.50. The van der Waals surface area contributed by atoms with Crippen molar-refractivity contribution in [3.8, 4) is 0 Å². The number of carboxylic acid groups (broad SMARTS) is 1. The summed E-state index contributed by atoms with van der Waals surface area (Å²) < 4.78 is 0. The number of nitrogens with zero attached hydrogens (tertiary/aromatic N) is 1. The molecule has 0 bridgehead atoms. The Hall–Kier alpha value is -1.55. The standard InChI is InChI=1S/C16H25NO3/c1-3-16(20,4-2)13-17(12-8-11-15(18)19)14-9-6-5-7-10-14/h5-7,9-10,20H,3-4,8,11-13H2,1-2H3,(H,18,19). The van der Waals surface area contributed by atoms with E-state index >= 15 is 0 Å². The van der Waals surface area contributed by atoms with Crippen LogP contribution in [-0.2, 0) is 4.79 Å². The summed E-state index contributed by atoms with van der Waals surface area (Å²) in [6.45, 7) is 5.12. The third-order valence-corrected chi connectivity index (χ3v) is 3.74. The lowest BCUT2D eigenvalue weighted by molar-refractivity contribution is -0.137. The number of hydrogen-bond acceptors (Lipinski definition) is 3. The maximum Gasteiger partial charge on any atom is 0.303 e. The summed E-state index contributed by atoms with van der Waals surface area (Å²) in [6, 6.07) is 9.84. The zero-order valence-corrected chi connectivity index (χ0v) is 12.4. The maximum absolute atomic E-state index is 10.6. The van der Waals surface area contributed by atoms with Gasteiger partial charge in [0.05, 0.1) is 5.60 Å². The number of carbonyl (C=O) groups is 1. The van der Waals surface area contributed by atoms with E-state index in [1.165, 1.54) is 0 Å². The molecule has 0 aromatic heterocycles. The average Bonchev–Trinajstić information content (AvgIpc) is 2.46. The largest absolute Gasteiger partial charge is 0.481 e. The summed E-state index contributed by atoms with van der Waals surface area (Å²) in [5, 5.41) is 19.3. The van der Waals surface area contributed by atoms with E-state index in [9.17, 15) is 9.90 Å². The molecular weight excluding hydrogens is 254 g/mol. The molecule has 0 heterocycles. The predicted molar refractivity (Wildman–Crippen MR) is 81.1 cm³/mol. The van der Waals surface area contributed by atoms with E-state index in [1.807, 2.05) is 44.2 Å². The van der Waals surface area contributed by atoms with Gasteiger partial charge in [0.25, 0.3) is 0 Å². The Balaban J connectivity index is 2.76. The van der Waals surface area contributed by atoms with Crippen molar-refractivity contribution in [1.82, 2.24) is 0 Å². The Kier molecular flexibility index (Phi) is 6.52. The minimum Gasteiger partial charge on any atom is -0.481 e. The molecule has 1 rings (SSSR count). The molecule has 0 aliphatic rings. The first kappa shape index (κ1) is 16.5. The predicted octanol–water partition coefficient (Wildman–Crippen LogP) is 2.91. The fourth-order valence-electron chi connectivity index (χ4n) is 2.19. The monoisotopic (exact) mass is 279 g/mol. The Morgan fingerprint density at radius 1 is 1.20 bits per heavy atom. The number of carboxylic acids is 1. The van der Waals surface area contributed by atoms with Crippen LogP contribution in [0.25, 0.3) is 0 Å². The van der Waals surface area contributed by atoms with Gasteiger partial charge in [0.1, 0.15) is 0 Å². The second-order valence-electron chi connectivity index (χ2n) is 5.19. The molecule has 0 aliphatic heterocycles. The van der Waals surface area contributed by atoms with Gasteiger partial charge in [-0.1, -0.05) is 32.0 Å². The van der Waals surface area contributed by atoms with Gasteiger partial charge in [0.15, 0.2) is 0 Å². The van der Waals surface area contributed by atoms with Crippen LogP contribution in [0.2, 0.25) is 0 Å². The number of para-hydroxylation sites is 1. The molecule has 0 aliphatic carbocycles. The van der Waals surface area contributed by atoms with Crippen LogP contribution < -0.4 is 4.90 Å². The minimum atomic E-state index is -0.778. The lowest BCUT2D eigenvalue weighted by Gasteiger charge is -2.34. The van der Waals surface area contributed by atoms with Gasteiger partial charge >= 0.3 is 5.97 Å². The highest BCUT2D eigenvalue weighted by Crippen LogP contribution is 2.22. The van der Waals surface area contributed by atoms with E-state index in [2.05, 4.69) is 4.90 Å². The third kappa shape index (κ3) is 5.21. The summed E-state index contributed by atoms with van der Waals surface area (Å²) in [6.07, 6.45) is 2.10. The van der Waals surface area contributed by atoms with E-state index in [0.717, 1.165) is 5.69 Å². The lowest BCUT2D eigenvalue weighted by Crippen LogP contribution is -2.43. The van der Waals surface area contributed by atoms with Crippen LogP contribution in [0, 0.1) is 0 Å². The van der Waals surface area contributed by atoms with Gasteiger partial charge in [-0.25, -0.2) is 0 Å². The topological polar surface area (TPSA) is 60.8 Å². The first-order valence-corrected chi connectivity index (χ1v) is 7.25. The summed E-state index contributed by atoms with van der Waals surface area (Å²) >= 11 is 0. The summed E-state index contributed by atoms with van der Waals surface area (Å²) in [5.74, 6) is -0.778. The van der Waals surface area contributed by atoms with Crippen molar-refractivity contribution in [2.75, 3.05) is 18.0 Å². The number of aliphatic hydroxyl groups is 1. The van der Waals surface area contributed by atoms with Crippen molar-refractivity contribution in [2.45, 2.75) is 45.1 Å². The molecule has 0 radical (unpaired) electrons. The van der Waals surface area contributed by atoms with Crippen molar-refractivity contribution >= 4 is 11.7 Å². The zero-order chi connectivity index (χ0) is 15.0. The van der Waals surface area contributed by atoms with Gasteiger partial charge < -0.3 is 15.1 Å². The van der Waals surface area contributed by atoms with Crippen molar-refractivity contribution in [2.24, 2.45) is 0 Å². The SMILES string of the molecule is CCC(O)(CC)CN(CCCC(=O)O)c1ccccc1. The minimum absolute atomic E-state index is 0.153. The van der Waals surface area contributed by atoms with Crippen molar-refractivity contribution in [3.63, 3.8) is 0 Å². The highest BCUT2D eigenvalue weighted by atomic mass is 16.4. The van der Waals surface area contributed by atoms with Gasteiger partial charge in [0.2, 0.25) is 0 Å². The molecule has 0 spiro atoms. The summed E-state index contributed by atoms with van der Waals surface area (Å²) in [4.78, 5) is 12.7. The second-order valence-corrected chi connectivity index (χ2v) is 5.19. The fourth-order valence-corrected chi connectivity index (χ4v) is 2.19. The lowest BCUT2D eigenvalue weighted by atomic mass is 9.96. The molecule has 0 atom stereocenters. The number of benzene rings is 1. The number of anilines is 1. The second kappa shape index (κ2) is 7.90. The highest BCUT2D eigenvalue weighted by Gasteiger charge is 2.25. The summed E-state index contributed by atoms with van der Waals surface area (Å²) in [5.41, 5.74) is 0.303. The normalized spacial score (nSPS) is 11.3. The molecule has 20 heavy (non-hydrogen) atoms. The molecule has 1 aromatic rings. The van der Waals surface area contributed by atoms with Crippen LogP contribution in [0.1, 0.15) is 39.5 Å². The zero-order valence-electron chi connectivity index (χ0n) is 12.4. The Morgan fingerprint density at radius 3 is 2.30 bits per heavy atom. The van der Waals surface area contributed by atoms with Crippen LogP contribution in [0.4, 0.5) is 5.69 Å². The van der Waals surface area contributed by atoms with Crippen molar-refractivity contribution in [1.29, 1.82) is 0 Å². The highest BCUT2D eigenvalue weighted by molar-refractivity contribution is 5.66. The number of rotatable bonds is 9. The molecule has 4 nitrogen and oxygen atoms in total. The van der Waals surface area contributed by atoms with Gasteiger partial charge in [-0.05, 0) is 31.4 Å². The fraction of sp³-hybridized carbons (Fsp3) is 0.562. The van der Waals surface area contributed by atoms with Gasteiger partial charge in [0, 0.05) is 25.2 Å². The van der Waals surface area contributed by atoms with Crippen molar-refractivity contribution < 1.29 is 15.0 Å². The first-order valence-electron chi connectivity index (χ1n) is 7.25. The van der Waals surface area contributed by atoms with E-state index < -0.39 is 11.6 Å². The molecular formula is C16H25NO3. The Labute approximate surface area is 121 Å². The molecule has 2 N–H and O–H groups in total. The number of aliphatic carboxylic acids is 1. The van der Waals surface area contributed by atoms with Gasteiger partial charge in [-0.15, -0.1) is 0 Å². The van der Waals surface area contributed by atoms with E-state index in [1.54, 1.807) is 0 Å². The van der Waals surface area contributed by atoms with Crippen LogP contribution >= 0.6 is 0 Å².